The Morgan fingerprint density at radius 3 is 2.69 bits per heavy atom. The topological polar surface area (TPSA) is 41.5 Å². The van der Waals surface area contributed by atoms with Crippen LogP contribution in [0.4, 0.5) is 0 Å². The molecular formula is C8H19NO2S2. The Hall–Kier alpha value is 0.580. The average Bonchev–Trinajstić information content (AvgIpc) is 2.11. The Bertz CT molecular complexity index is 123. The second kappa shape index (κ2) is 7.94. The first-order valence-corrected chi connectivity index (χ1v) is 6.25. The van der Waals surface area contributed by atoms with E-state index in [4.69, 9.17) is 9.84 Å². The summed E-state index contributed by atoms with van der Waals surface area (Å²) in [5.74, 6) is 0. The van der Waals surface area contributed by atoms with Gasteiger partial charge in [-0.05, 0) is 26.8 Å². The molecule has 0 aromatic carbocycles. The number of hydrogen-bond donors (Lipinski definition) is 3. The second-order valence-electron chi connectivity index (χ2n) is 3.22. The third-order valence-corrected chi connectivity index (χ3v) is 3.45. The van der Waals surface area contributed by atoms with Gasteiger partial charge in [0.15, 0.2) is 0 Å². The molecular weight excluding hydrogens is 206 g/mol. The van der Waals surface area contributed by atoms with Gasteiger partial charge in [0, 0.05) is 6.61 Å². The molecule has 0 spiro atoms. The summed E-state index contributed by atoms with van der Waals surface area (Å²) in [4.78, 5) is 0.0140. The van der Waals surface area contributed by atoms with Gasteiger partial charge in [-0.2, -0.15) is 0 Å². The van der Waals surface area contributed by atoms with Crippen molar-refractivity contribution in [2.45, 2.75) is 25.1 Å². The van der Waals surface area contributed by atoms with Crippen LogP contribution in [0.15, 0.2) is 0 Å². The van der Waals surface area contributed by atoms with E-state index in [1.165, 1.54) is 10.8 Å². The largest absolute Gasteiger partial charge is 0.394 e. The predicted molar refractivity (Wildman–Crippen MR) is 61.2 cm³/mol. The first kappa shape index (κ1) is 13.6. The summed E-state index contributed by atoms with van der Waals surface area (Å²) in [5.41, 5.74) is 0. The van der Waals surface area contributed by atoms with E-state index in [1.54, 1.807) is 0 Å². The van der Waals surface area contributed by atoms with Crippen molar-refractivity contribution in [2.24, 2.45) is 0 Å². The summed E-state index contributed by atoms with van der Waals surface area (Å²) >= 11 is 4.15. The molecule has 0 atom stereocenters. The molecule has 0 aromatic rings. The zero-order chi connectivity index (χ0) is 10.2. The zero-order valence-corrected chi connectivity index (χ0v) is 9.96. The van der Waals surface area contributed by atoms with E-state index < -0.39 is 0 Å². The number of rotatable bonds is 8. The molecule has 0 amide bonds. The number of aliphatic hydroxyl groups is 1. The molecule has 0 heterocycles. The van der Waals surface area contributed by atoms with Crippen LogP contribution in [0.2, 0.25) is 0 Å². The van der Waals surface area contributed by atoms with Crippen molar-refractivity contribution in [3.8, 4) is 0 Å². The minimum Gasteiger partial charge on any atom is -0.394 e. The number of aliphatic hydroxyl groups excluding tert-OH is 1. The minimum absolute atomic E-state index is 0.0140. The predicted octanol–water partition coefficient (Wildman–Crippen LogP) is 1.29. The lowest BCUT2D eigenvalue weighted by atomic mass is 10.3. The number of thiol groups is 1. The van der Waals surface area contributed by atoms with Crippen LogP contribution in [0.5, 0.6) is 0 Å². The summed E-state index contributed by atoms with van der Waals surface area (Å²) in [6, 6.07) is 0. The fraction of sp³-hybridized carbons (Fsp3) is 1.00. The van der Waals surface area contributed by atoms with Crippen LogP contribution >= 0.6 is 22.5 Å². The zero-order valence-electron chi connectivity index (χ0n) is 8.25. The van der Waals surface area contributed by atoms with Gasteiger partial charge in [-0.25, -0.2) is 0 Å². The van der Waals surface area contributed by atoms with Crippen LogP contribution < -0.4 is 5.32 Å². The highest BCUT2D eigenvalue weighted by molar-refractivity contribution is 8.69. The molecule has 13 heavy (non-hydrogen) atoms. The molecule has 5 heteroatoms. The molecule has 2 N–H and O–H groups in total. The second-order valence-corrected chi connectivity index (χ2v) is 4.97. The molecule has 0 bridgehead atoms. The average molecular weight is 225 g/mol. The molecule has 0 rings (SSSR count). The molecule has 0 aromatic heterocycles. The van der Waals surface area contributed by atoms with Crippen LogP contribution in [0.1, 0.15) is 20.3 Å². The van der Waals surface area contributed by atoms with Crippen molar-refractivity contribution in [3.05, 3.63) is 0 Å². The summed E-state index contributed by atoms with van der Waals surface area (Å²) < 4.78 is 5.12. The Kier molecular flexibility index (Phi) is 8.29. The van der Waals surface area contributed by atoms with Gasteiger partial charge < -0.3 is 15.2 Å². The van der Waals surface area contributed by atoms with Gasteiger partial charge in [0.25, 0.3) is 0 Å². The van der Waals surface area contributed by atoms with E-state index in [0.717, 1.165) is 13.0 Å². The number of ether oxygens (including phenoxy) is 1. The maximum absolute atomic E-state index is 8.44. The SMILES string of the molecule is CC(C)(NCCCOCCO)SS. The highest BCUT2D eigenvalue weighted by atomic mass is 33.1. The van der Waals surface area contributed by atoms with E-state index in [-0.39, 0.29) is 11.5 Å². The smallest absolute Gasteiger partial charge is 0.0697 e. The maximum atomic E-state index is 8.44. The van der Waals surface area contributed by atoms with Gasteiger partial charge in [0.05, 0.1) is 18.1 Å². The third-order valence-electron chi connectivity index (χ3n) is 1.48. The summed E-state index contributed by atoms with van der Waals surface area (Å²) in [5, 5.41) is 11.8. The molecule has 0 unspecified atom stereocenters. The van der Waals surface area contributed by atoms with Crippen molar-refractivity contribution >= 4 is 22.5 Å². The molecule has 80 valence electrons. The van der Waals surface area contributed by atoms with Crippen LogP contribution in [-0.2, 0) is 4.74 Å². The van der Waals surface area contributed by atoms with Crippen molar-refractivity contribution in [1.82, 2.24) is 5.32 Å². The molecule has 0 fully saturated rings. The van der Waals surface area contributed by atoms with E-state index in [9.17, 15) is 0 Å². The summed E-state index contributed by atoms with van der Waals surface area (Å²) in [6.07, 6.45) is 0.956. The van der Waals surface area contributed by atoms with E-state index in [0.29, 0.717) is 13.2 Å². The first-order valence-electron chi connectivity index (χ1n) is 4.38. The van der Waals surface area contributed by atoms with Crippen LogP contribution in [0.25, 0.3) is 0 Å². The van der Waals surface area contributed by atoms with Crippen molar-refractivity contribution in [2.75, 3.05) is 26.4 Å². The lowest BCUT2D eigenvalue weighted by molar-refractivity contribution is 0.0904. The molecule has 0 aliphatic rings. The Morgan fingerprint density at radius 1 is 1.46 bits per heavy atom. The third kappa shape index (κ3) is 8.90. The summed E-state index contributed by atoms with van der Waals surface area (Å²) in [6.45, 7) is 6.31. The van der Waals surface area contributed by atoms with Gasteiger partial charge in [0.1, 0.15) is 0 Å². The van der Waals surface area contributed by atoms with E-state index >= 15 is 0 Å². The fourth-order valence-corrected chi connectivity index (χ4v) is 1.12. The lowest BCUT2D eigenvalue weighted by Gasteiger charge is -2.22. The number of hydrogen-bond acceptors (Lipinski definition) is 5. The van der Waals surface area contributed by atoms with Crippen LogP contribution in [0, 0.1) is 0 Å². The van der Waals surface area contributed by atoms with E-state index in [2.05, 4.69) is 30.8 Å². The molecule has 0 aliphatic heterocycles. The monoisotopic (exact) mass is 225 g/mol. The number of nitrogens with one attached hydrogen (secondary N) is 1. The Labute approximate surface area is 89.4 Å². The highest BCUT2D eigenvalue weighted by Gasteiger charge is 2.14. The molecule has 0 radical (unpaired) electrons. The quantitative estimate of drug-likeness (QED) is 0.252. The normalized spacial score (nSPS) is 12.0. The van der Waals surface area contributed by atoms with Gasteiger partial charge >= 0.3 is 0 Å². The van der Waals surface area contributed by atoms with Crippen molar-refractivity contribution in [1.29, 1.82) is 0 Å². The van der Waals surface area contributed by atoms with Gasteiger partial charge in [-0.1, -0.05) is 10.8 Å². The lowest BCUT2D eigenvalue weighted by Crippen LogP contribution is -2.35. The maximum Gasteiger partial charge on any atom is 0.0697 e. The Balaban J connectivity index is 3.16. The molecule has 0 aliphatic carbocycles. The van der Waals surface area contributed by atoms with Gasteiger partial charge in [0.2, 0.25) is 0 Å². The minimum atomic E-state index is 0.0140. The molecule has 0 saturated carbocycles. The van der Waals surface area contributed by atoms with Crippen molar-refractivity contribution in [3.63, 3.8) is 0 Å². The first-order chi connectivity index (χ1) is 6.12. The Morgan fingerprint density at radius 2 is 2.15 bits per heavy atom. The van der Waals surface area contributed by atoms with Crippen LogP contribution in [0.3, 0.4) is 0 Å². The van der Waals surface area contributed by atoms with Gasteiger partial charge in [-0.15, -0.1) is 11.7 Å². The fourth-order valence-electron chi connectivity index (χ4n) is 0.763. The van der Waals surface area contributed by atoms with Crippen LogP contribution in [-0.4, -0.2) is 36.3 Å². The molecule has 3 nitrogen and oxygen atoms in total. The summed E-state index contributed by atoms with van der Waals surface area (Å²) in [7, 11) is 1.50. The van der Waals surface area contributed by atoms with Crippen molar-refractivity contribution < 1.29 is 9.84 Å². The van der Waals surface area contributed by atoms with E-state index in [1.807, 2.05) is 0 Å². The highest BCUT2D eigenvalue weighted by Crippen LogP contribution is 2.23. The van der Waals surface area contributed by atoms with Gasteiger partial charge in [-0.3, -0.25) is 0 Å². The molecule has 0 saturated heterocycles. The standard InChI is InChI=1S/C8H19NO2S2/c1-8(2,13-12)9-4-3-6-11-7-5-10/h9-10,12H,3-7H2,1-2H3.